The number of likely N-dealkylation sites (N-methyl/N-ethyl adjacent to an activating group) is 1. The molecule has 3 N–H and O–H groups in total. The van der Waals surface area contributed by atoms with Gasteiger partial charge < -0.3 is 20.9 Å². The fourth-order valence-electron chi connectivity index (χ4n) is 3.32. The lowest BCUT2D eigenvalue weighted by atomic mass is 9.96. The molecule has 2 fully saturated rings. The predicted octanol–water partition coefficient (Wildman–Crippen LogP) is 1.87. The quantitative estimate of drug-likeness (QED) is 0.307. The average molecular weight is 423 g/mol. The molecular weight excluding hydrogens is 389 g/mol. The van der Waals surface area contributed by atoms with Crippen LogP contribution >= 0.6 is 24.0 Å². The van der Waals surface area contributed by atoms with Crippen LogP contribution in [0.4, 0.5) is 0 Å². The van der Waals surface area contributed by atoms with Crippen molar-refractivity contribution >= 4 is 29.9 Å². The molecule has 0 atom stereocenters. The maximum absolute atomic E-state index is 5.99. The van der Waals surface area contributed by atoms with Crippen LogP contribution in [0.2, 0.25) is 0 Å². The molecule has 130 valence electrons. The van der Waals surface area contributed by atoms with Gasteiger partial charge in [0, 0.05) is 25.7 Å². The van der Waals surface area contributed by atoms with E-state index in [4.69, 9.17) is 5.73 Å². The summed E-state index contributed by atoms with van der Waals surface area (Å²) in [6, 6.07) is 0.559. The summed E-state index contributed by atoms with van der Waals surface area (Å²) in [6.45, 7) is 6.83. The van der Waals surface area contributed by atoms with Crippen molar-refractivity contribution in [3.8, 4) is 0 Å². The van der Waals surface area contributed by atoms with Crippen LogP contribution in [0.5, 0.6) is 0 Å². The van der Waals surface area contributed by atoms with Crippen molar-refractivity contribution in [2.24, 2.45) is 10.7 Å². The molecule has 2 rings (SSSR count). The SMILES string of the molecule is CN1CCCN(CCCN=C(N)NC2CCCCC2)CC1.I. The van der Waals surface area contributed by atoms with Gasteiger partial charge >= 0.3 is 0 Å². The van der Waals surface area contributed by atoms with E-state index in [-0.39, 0.29) is 24.0 Å². The normalized spacial score (nSPS) is 22.9. The zero-order valence-electron chi connectivity index (χ0n) is 14.1. The predicted molar refractivity (Wildman–Crippen MR) is 105 cm³/mol. The molecule has 0 aromatic heterocycles. The van der Waals surface area contributed by atoms with E-state index in [2.05, 4.69) is 27.2 Å². The summed E-state index contributed by atoms with van der Waals surface area (Å²) >= 11 is 0. The summed E-state index contributed by atoms with van der Waals surface area (Å²) in [5.74, 6) is 0.650. The molecule has 6 heteroatoms. The van der Waals surface area contributed by atoms with Crippen LogP contribution in [0.15, 0.2) is 4.99 Å². The van der Waals surface area contributed by atoms with Gasteiger partial charge in [-0.15, -0.1) is 24.0 Å². The van der Waals surface area contributed by atoms with Crippen molar-refractivity contribution in [1.29, 1.82) is 0 Å². The summed E-state index contributed by atoms with van der Waals surface area (Å²) < 4.78 is 0. The van der Waals surface area contributed by atoms with Crippen LogP contribution in [0.25, 0.3) is 0 Å². The minimum atomic E-state index is 0. The molecule has 1 aliphatic heterocycles. The lowest BCUT2D eigenvalue weighted by Crippen LogP contribution is -2.41. The first-order valence-electron chi connectivity index (χ1n) is 8.71. The van der Waals surface area contributed by atoms with Crippen LogP contribution in [-0.2, 0) is 0 Å². The lowest BCUT2D eigenvalue weighted by molar-refractivity contribution is 0.275. The highest BCUT2D eigenvalue weighted by Gasteiger charge is 2.13. The topological polar surface area (TPSA) is 56.9 Å². The van der Waals surface area contributed by atoms with E-state index in [0.29, 0.717) is 12.0 Å². The molecule has 0 unspecified atom stereocenters. The van der Waals surface area contributed by atoms with Crippen LogP contribution in [0.3, 0.4) is 0 Å². The van der Waals surface area contributed by atoms with Gasteiger partial charge in [-0.1, -0.05) is 19.3 Å². The standard InChI is InChI=1S/C16H33N5.HI/c1-20-10-6-12-21(14-13-20)11-5-9-18-16(17)19-15-7-3-2-4-8-15;/h15H,2-14H2,1H3,(H3,17,18,19);1H. The van der Waals surface area contributed by atoms with Crippen LogP contribution < -0.4 is 11.1 Å². The number of nitrogens with zero attached hydrogens (tertiary/aromatic N) is 3. The second-order valence-corrected chi connectivity index (χ2v) is 6.60. The second kappa shape index (κ2) is 11.5. The van der Waals surface area contributed by atoms with Crippen LogP contribution in [0.1, 0.15) is 44.9 Å². The number of rotatable bonds is 5. The molecule has 22 heavy (non-hydrogen) atoms. The number of hydrogen-bond donors (Lipinski definition) is 2. The molecule has 5 nitrogen and oxygen atoms in total. The van der Waals surface area contributed by atoms with Gasteiger partial charge in [-0.05, 0) is 52.4 Å². The zero-order valence-corrected chi connectivity index (χ0v) is 16.4. The van der Waals surface area contributed by atoms with Gasteiger partial charge in [-0.2, -0.15) is 0 Å². The van der Waals surface area contributed by atoms with Crippen LogP contribution in [-0.4, -0.2) is 68.1 Å². The number of hydrogen-bond acceptors (Lipinski definition) is 3. The lowest BCUT2D eigenvalue weighted by Gasteiger charge is -2.23. The van der Waals surface area contributed by atoms with E-state index in [0.717, 1.165) is 19.5 Å². The smallest absolute Gasteiger partial charge is 0.188 e. The van der Waals surface area contributed by atoms with E-state index in [1.807, 2.05) is 0 Å². The third kappa shape index (κ3) is 7.97. The van der Waals surface area contributed by atoms with E-state index in [9.17, 15) is 0 Å². The van der Waals surface area contributed by atoms with Crippen molar-refractivity contribution in [3.63, 3.8) is 0 Å². The number of nitrogens with two attached hydrogens (primary N) is 1. The van der Waals surface area contributed by atoms with Gasteiger partial charge in [0.25, 0.3) is 0 Å². The highest BCUT2D eigenvalue weighted by molar-refractivity contribution is 14.0. The van der Waals surface area contributed by atoms with E-state index in [1.165, 1.54) is 64.7 Å². The number of nitrogens with one attached hydrogen (secondary N) is 1. The summed E-state index contributed by atoms with van der Waals surface area (Å²) in [7, 11) is 2.21. The van der Waals surface area contributed by atoms with Crippen molar-refractivity contribution in [2.75, 3.05) is 46.3 Å². The Kier molecular flexibility index (Phi) is 10.4. The van der Waals surface area contributed by atoms with Gasteiger partial charge in [0.2, 0.25) is 0 Å². The zero-order chi connectivity index (χ0) is 14.9. The Bertz CT molecular complexity index is 318. The highest BCUT2D eigenvalue weighted by atomic mass is 127. The van der Waals surface area contributed by atoms with Crippen LogP contribution in [0, 0.1) is 0 Å². The summed E-state index contributed by atoms with van der Waals surface area (Å²) in [6.07, 6.45) is 8.92. The molecular formula is C16H34IN5. The summed E-state index contributed by atoms with van der Waals surface area (Å²) in [4.78, 5) is 9.47. The van der Waals surface area contributed by atoms with Gasteiger partial charge in [-0.25, -0.2) is 0 Å². The third-order valence-electron chi connectivity index (χ3n) is 4.68. The Morgan fingerprint density at radius 2 is 1.86 bits per heavy atom. The maximum Gasteiger partial charge on any atom is 0.188 e. The molecule has 0 amide bonds. The average Bonchev–Trinajstić information content (AvgIpc) is 2.69. The minimum Gasteiger partial charge on any atom is -0.370 e. The second-order valence-electron chi connectivity index (χ2n) is 6.60. The monoisotopic (exact) mass is 423 g/mol. The molecule has 0 aromatic carbocycles. The molecule has 0 radical (unpaired) electrons. The Balaban J connectivity index is 0.00000242. The fraction of sp³-hybridized carbons (Fsp3) is 0.938. The van der Waals surface area contributed by atoms with E-state index >= 15 is 0 Å². The van der Waals surface area contributed by atoms with Crippen molar-refractivity contribution in [1.82, 2.24) is 15.1 Å². The van der Waals surface area contributed by atoms with Gasteiger partial charge in [0.15, 0.2) is 5.96 Å². The molecule has 0 bridgehead atoms. The maximum atomic E-state index is 5.99. The molecule has 0 aromatic rings. The van der Waals surface area contributed by atoms with E-state index < -0.39 is 0 Å². The largest absolute Gasteiger partial charge is 0.370 e. The molecule has 0 spiro atoms. The van der Waals surface area contributed by atoms with Crippen molar-refractivity contribution in [3.05, 3.63) is 0 Å². The van der Waals surface area contributed by atoms with Crippen molar-refractivity contribution < 1.29 is 0 Å². The minimum absolute atomic E-state index is 0. The third-order valence-corrected chi connectivity index (χ3v) is 4.68. The first-order chi connectivity index (χ1) is 10.2. The fourth-order valence-corrected chi connectivity index (χ4v) is 3.32. The molecule has 1 heterocycles. The summed E-state index contributed by atoms with van der Waals surface area (Å²) in [5, 5.41) is 3.38. The number of aliphatic imine (C=N–C) groups is 1. The number of halogens is 1. The Labute approximate surface area is 153 Å². The van der Waals surface area contributed by atoms with Gasteiger partial charge in [0.1, 0.15) is 0 Å². The highest BCUT2D eigenvalue weighted by Crippen LogP contribution is 2.16. The first kappa shape index (κ1) is 20.0. The van der Waals surface area contributed by atoms with Gasteiger partial charge in [-0.3, -0.25) is 4.99 Å². The molecule has 1 saturated heterocycles. The summed E-state index contributed by atoms with van der Waals surface area (Å²) in [5.41, 5.74) is 5.99. The Morgan fingerprint density at radius 3 is 2.64 bits per heavy atom. The molecule has 2 aliphatic rings. The molecule has 1 aliphatic carbocycles. The Hall–Kier alpha value is -0.0800. The molecule has 1 saturated carbocycles. The number of guanidine groups is 1. The van der Waals surface area contributed by atoms with Gasteiger partial charge in [0.05, 0.1) is 0 Å². The first-order valence-corrected chi connectivity index (χ1v) is 8.71. The van der Waals surface area contributed by atoms with Crippen molar-refractivity contribution in [2.45, 2.75) is 51.0 Å². The van der Waals surface area contributed by atoms with E-state index in [1.54, 1.807) is 0 Å². The Morgan fingerprint density at radius 1 is 1.09 bits per heavy atom.